The van der Waals surface area contributed by atoms with Gasteiger partial charge in [0.2, 0.25) is 5.91 Å². The SMILES string of the molecule is CCCCCCCCCCCCC(CO)(SS(=O)(=O)O)C(N)=O.[Na+]. The molecule has 24 heavy (non-hydrogen) atoms. The van der Waals surface area contributed by atoms with E-state index < -0.39 is 26.4 Å². The van der Waals surface area contributed by atoms with E-state index in [1.807, 2.05) is 0 Å². The largest absolute Gasteiger partial charge is 1.00 e. The molecule has 0 fully saturated rings. The number of aliphatic hydroxyl groups excluding tert-OH is 1. The molecule has 9 heteroatoms. The molecule has 0 aromatic heterocycles. The van der Waals surface area contributed by atoms with Crippen LogP contribution < -0.4 is 35.3 Å². The van der Waals surface area contributed by atoms with Crippen LogP contribution in [-0.4, -0.2) is 35.3 Å². The van der Waals surface area contributed by atoms with E-state index in [1.54, 1.807) is 0 Å². The second-order valence-electron chi connectivity index (χ2n) is 5.96. The molecule has 0 aliphatic rings. The van der Waals surface area contributed by atoms with Crippen molar-refractivity contribution in [3.05, 3.63) is 0 Å². The zero-order valence-corrected chi connectivity index (χ0v) is 18.6. The number of hydrogen-bond acceptors (Lipinski definition) is 5. The smallest absolute Gasteiger partial charge is 0.394 e. The predicted molar refractivity (Wildman–Crippen MR) is 94.6 cm³/mol. The molecule has 0 saturated heterocycles. The molecule has 6 nitrogen and oxygen atoms in total. The van der Waals surface area contributed by atoms with Crippen molar-refractivity contribution < 1.29 is 52.4 Å². The van der Waals surface area contributed by atoms with Crippen LogP contribution in [0.2, 0.25) is 0 Å². The standard InChI is InChI=1S/C15H31NO5S2.Na/c1-2-3-4-5-6-7-8-9-10-11-12-15(13-17,14(16)18)22-23(19,20)21;/h17H,2-13H2,1H3,(H2,16,18)(H,19,20,21);/q;+1. The predicted octanol–water partition coefficient (Wildman–Crippen LogP) is 0.0538. The summed E-state index contributed by atoms with van der Waals surface area (Å²) in [6.45, 7) is 1.49. The number of rotatable bonds is 15. The normalized spacial score (nSPS) is 14.0. The molecular formula is C15H31NNaO5S2+. The molecule has 0 bridgehead atoms. The monoisotopic (exact) mass is 392 g/mol. The number of unbranched alkanes of at least 4 members (excludes halogenated alkanes) is 9. The summed E-state index contributed by atoms with van der Waals surface area (Å²) in [6, 6.07) is 0. The second-order valence-corrected chi connectivity index (χ2v) is 9.53. The molecule has 1 unspecified atom stereocenters. The van der Waals surface area contributed by atoms with Gasteiger partial charge in [-0.1, -0.05) is 71.1 Å². The van der Waals surface area contributed by atoms with Crippen LogP contribution in [0.25, 0.3) is 0 Å². The van der Waals surface area contributed by atoms with Crippen LogP contribution in [-0.2, 0) is 13.9 Å². The number of primary amides is 1. The second kappa shape index (κ2) is 14.8. The fraction of sp³-hybridized carbons (Fsp3) is 0.933. The number of nitrogens with two attached hydrogens (primary N) is 1. The van der Waals surface area contributed by atoms with Crippen LogP contribution >= 0.6 is 10.8 Å². The average Bonchev–Trinajstić information content (AvgIpc) is 2.46. The number of hydrogen-bond donors (Lipinski definition) is 3. The third-order valence-electron chi connectivity index (χ3n) is 3.90. The van der Waals surface area contributed by atoms with Gasteiger partial charge in [-0.25, -0.2) is 0 Å². The minimum atomic E-state index is -4.45. The molecule has 0 aliphatic heterocycles. The van der Waals surface area contributed by atoms with E-state index in [2.05, 4.69) is 6.92 Å². The first-order chi connectivity index (χ1) is 10.8. The Hall–Kier alpha value is 0.690. The molecule has 0 spiro atoms. The van der Waals surface area contributed by atoms with Gasteiger partial charge >= 0.3 is 38.7 Å². The van der Waals surface area contributed by atoms with Gasteiger partial charge in [-0.05, 0) is 6.42 Å². The van der Waals surface area contributed by atoms with E-state index in [1.165, 1.54) is 38.5 Å². The Morgan fingerprint density at radius 2 is 1.42 bits per heavy atom. The summed E-state index contributed by atoms with van der Waals surface area (Å²) < 4.78 is 29.2. The van der Waals surface area contributed by atoms with Crippen LogP contribution in [0.5, 0.6) is 0 Å². The van der Waals surface area contributed by atoms with Crippen molar-refractivity contribution in [1.82, 2.24) is 0 Å². The number of amides is 1. The third kappa shape index (κ3) is 13.0. The summed E-state index contributed by atoms with van der Waals surface area (Å²) in [4.78, 5) is 11.5. The molecule has 0 radical (unpaired) electrons. The minimum absolute atomic E-state index is 0. The van der Waals surface area contributed by atoms with E-state index in [0.717, 1.165) is 19.3 Å². The minimum Gasteiger partial charge on any atom is -0.394 e. The van der Waals surface area contributed by atoms with Gasteiger partial charge in [0, 0.05) is 10.8 Å². The van der Waals surface area contributed by atoms with Gasteiger partial charge in [-0.15, -0.1) is 0 Å². The first-order valence-corrected chi connectivity index (χ1v) is 11.1. The molecule has 1 amide bonds. The molecule has 0 aliphatic carbocycles. The molecule has 0 rings (SSSR count). The molecule has 1 atom stereocenters. The Balaban J connectivity index is 0. The van der Waals surface area contributed by atoms with E-state index in [-0.39, 0.29) is 46.8 Å². The Bertz CT molecular complexity index is 434. The topological polar surface area (TPSA) is 118 Å². The van der Waals surface area contributed by atoms with Crippen LogP contribution in [0.1, 0.15) is 77.6 Å². The Morgan fingerprint density at radius 1 is 1.00 bits per heavy atom. The summed E-state index contributed by atoms with van der Waals surface area (Å²) >= 11 is 0. The van der Waals surface area contributed by atoms with Gasteiger partial charge in [0.15, 0.2) is 0 Å². The Kier molecular flexibility index (Phi) is 16.6. The molecule has 0 heterocycles. The zero-order valence-electron chi connectivity index (χ0n) is 15.0. The van der Waals surface area contributed by atoms with Crippen molar-refractivity contribution in [3.8, 4) is 0 Å². The van der Waals surface area contributed by atoms with Crippen LogP contribution in [0.15, 0.2) is 0 Å². The molecule has 0 aromatic carbocycles. The van der Waals surface area contributed by atoms with Crippen molar-refractivity contribution in [2.24, 2.45) is 5.73 Å². The van der Waals surface area contributed by atoms with Crippen LogP contribution in [0, 0.1) is 0 Å². The zero-order chi connectivity index (χ0) is 17.8. The maximum Gasteiger partial charge on any atom is 1.00 e. The summed E-state index contributed by atoms with van der Waals surface area (Å²) in [7, 11) is -4.41. The first kappa shape index (κ1) is 26.9. The quantitative estimate of drug-likeness (QED) is 0.157. The van der Waals surface area contributed by atoms with Gasteiger partial charge in [0.1, 0.15) is 4.75 Å². The molecule has 4 N–H and O–H groups in total. The summed E-state index contributed by atoms with van der Waals surface area (Å²) in [6.07, 6.45) is 11.2. The van der Waals surface area contributed by atoms with Crippen molar-refractivity contribution in [3.63, 3.8) is 0 Å². The summed E-state index contributed by atoms with van der Waals surface area (Å²) in [5.41, 5.74) is 5.21. The Labute approximate surface area is 172 Å². The van der Waals surface area contributed by atoms with Crippen LogP contribution in [0.4, 0.5) is 0 Å². The molecule has 0 aromatic rings. The average molecular weight is 393 g/mol. The van der Waals surface area contributed by atoms with Crippen molar-refractivity contribution in [2.45, 2.75) is 82.3 Å². The van der Waals surface area contributed by atoms with Crippen LogP contribution in [0.3, 0.4) is 0 Å². The van der Waals surface area contributed by atoms with Gasteiger partial charge in [0.25, 0.3) is 0 Å². The van der Waals surface area contributed by atoms with Gasteiger partial charge in [-0.3, -0.25) is 9.35 Å². The summed E-state index contributed by atoms with van der Waals surface area (Å²) in [5, 5.41) is 9.36. The van der Waals surface area contributed by atoms with E-state index in [0.29, 0.717) is 6.42 Å². The maximum atomic E-state index is 11.5. The van der Waals surface area contributed by atoms with E-state index in [4.69, 9.17) is 10.3 Å². The van der Waals surface area contributed by atoms with Gasteiger partial charge < -0.3 is 10.8 Å². The first-order valence-electron chi connectivity index (χ1n) is 8.36. The van der Waals surface area contributed by atoms with Crippen molar-refractivity contribution >= 4 is 25.9 Å². The maximum absolute atomic E-state index is 11.5. The number of carbonyl (C=O) groups is 1. The number of aliphatic hydroxyl groups is 1. The Morgan fingerprint density at radius 3 is 1.75 bits per heavy atom. The van der Waals surface area contributed by atoms with Crippen molar-refractivity contribution in [2.75, 3.05) is 6.61 Å². The van der Waals surface area contributed by atoms with Gasteiger partial charge in [0.05, 0.1) is 6.61 Å². The van der Waals surface area contributed by atoms with Crippen molar-refractivity contribution in [1.29, 1.82) is 0 Å². The number of carbonyl (C=O) groups excluding carboxylic acids is 1. The fourth-order valence-corrected chi connectivity index (χ4v) is 5.12. The third-order valence-corrected chi connectivity index (χ3v) is 6.56. The summed E-state index contributed by atoms with van der Waals surface area (Å²) in [5.74, 6) is -0.918. The molecule has 0 saturated carbocycles. The van der Waals surface area contributed by atoms with Gasteiger partial charge in [-0.2, -0.15) is 8.42 Å². The molecular weight excluding hydrogens is 361 g/mol. The van der Waals surface area contributed by atoms with E-state index in [9.17, 15) is 18.3 Å². The van der Waals surface area contributed by atoms with E-state index >= 15 is 0 Å². The molecule has 138 valence electrons. The fourth-order valence-electron chi connectivity index (χ4n) is 2.49.